The summed E-state index contributed by atoms with van der Waals surface area (Å²) in [6.45, 7) is 6.27. The molecule has 1 amide bonds. The first-order valence-corrected chi connectivity index (χ1v) is 10.6. The fourth-order valence-corrected chi connectivity index (χ4v) is 4.12. The highest BCUT2D eigenvalue weighted by Crippen LogP contribution is 2.28. The van der Waals surface area contributed by atoms with Crippen molar-refractivity contribution in [1.29, 1.82) is 0 Å². The zero-order valence-electron chi connectivity index (χ0n) is 15.8. The summed E-state index contributed by atoms with van der Waals surface area (Å²) in [5, 5.41) is 3.62. The van der Waals surface area contributed by atoms with Gasteiger partial charge in [0.2, 0.25) is 5.91 Å². The van der Waals surface area contributed by atoms with Gasteiger partial charge >= 0.3 is 0 Å². The predicted molar refractivity (Wildman–Crippen MR) is 116 cm³/mol. The molecule has 27 heavy (non-hydrogen) atoms. The third-order valence-corrected chi connectivity index (χ3v) is 6.39. The third kappa shape index (κ3) is 5.64. The summed E-state index contributed by atoms with van der Waals surface area (Å²) in [7, 11) is 2.15. The van der Waals surface area contributed by atoms with Crippen LogP contribution in [0.3, 0.4) is 0 Å². The number of hydrogen-bond donors (Lipinski definition) is 1. The number of amides is 1. The molecular formula is C21H26ClN3OS. The number of nitrogens with zero attached hydrogens (tertiary/aromatic N) is 2. The van der Waals surface area contributed by atoms with Gasteiger partial charge in [-0.05, 0) is 62.0 Å². The van der Waals surface area contributed by atoms with Gasteiger partial charge in [0.05, 0.1) is 5.25 Å². The van der Waals surface area contributed by atoms with Crippen LogP contribution < -0.4 is 10.2 Å². The lowest BCUT2D eigenvalue weighted by Gasteiger charge is -2.34. The van der Waals surface area contributed by atoms with Gasteiger partial charge in [-0.2, -0.15) is 0 Å². The van der Waals surface area contributed by atoms with Gasteiger partial charge in [0.1, 0.15) is 0 Å². The normalized spacial score (nSPS) is 16.2. The van der Waals surface area contributed by atoms with E-state index in [2.05, 4.69) is 34.3 Å². The van der Waals surface area contributed by atoms with Crippen molar-refractivity contribution in [2.45, 2.75) is 23.5 Å². The number of thioether (sulfide) groups is 1. The van der Waals surface area contributed by atoms with Crippen LogP contribution in [-0.2, 0) is 4.79 Å². The zero-order chi connectivity index (χ0) is 19.2. The summed E-state index contributed by atoms with van der Waals surface area (Å²) in [6.07, 6.45) is 0.762. The van der Waals surface area contributed by atoms with Crippen LogP contribution in [0.25, 0.3) is 0 Å². The Kier molecular flexibility index (Phi) is 7.05. The number of rotatable bonds is 6. The molecule has 3 rings (SSSR count). The van der Waals surface area contributed by atoms with Crippen molar-refractivity contribution in [2.24, 2.45) is 0 Å². The molecule has 0 aromatic heterocycles. The molecule has 1 saturated heterocycles. The first kappa shape index (κ1) is 20.1. The molecule has 0 bridgehead atoms. The Hall–Kier alpha value is -1.69. The lowest BCUT2D eigenvalue weighted by atomic mass is 10.2. The Bertz CT molecular complexity index is 743. The number of benzene rings is 2. The van der Waals surface area contributed by atoms with E-state index in [1.54, 1.807) is 11.8 Å². The van der Waals surface area contributed by atoms with Gasteiger partial charge in [-0.1, -0.05) is 18.5 Å². The third-order valence-electron chi connectivity index (χ3n) is 4.76. The number of carbonyl (C=O) groups is 1. The van der Waals surface area contributed by atoms with Crippen molar-refractivity contribution in [2.75, 3.05) is 43.4 Å². The smallest absolute Gasteiger partial charge is 0.237 e. The maximum atomic E-state index is 12.7. The number of carbonyl (C=O) groups excluding carboxylic acids is 1. The van der Waals surface area contributed by atoms with Gasteiger partial charge in [-0.25, -0.2) is 0 Å². The molecule has 1 fully saturated rings. The number of anilines is 2. The average Bonchev–Trinajstić information content (AvgIpc) is 2.69. The van der Waals surface area contributed by atoms with Crippen molar-refractivity contribution in [3.05, 3.63) is 53.6 Å². The molecule has 6 heteroatoms. The summed E-state index contributed by atoms with van der Waals surface area (Å²) in [6, 6.07) is 15.8. The number of nitrogens with one attached hydrogen (secondary N) is 1. The van der Waals surface area contributed by atoms with E-state index in [-0.39, 0.29) is 11.2 Å². The fraction of sp³-hybridized carbons (Fsp3) is 0.381. The van der Waals surface area contributed by atoms with Crippen LogP contribution in [-0.4, -0.2) is 49.3 Å². The summed E-state index contributed by atoms with van der Waals surface area (Å²) in [5.41, 5.74) is 2.05. The summed E-state index contributed by atoms with van der Waals surface area (Å²) < 4.78 is 0. The van der Waals surface area contributed by atoms with Crippen molar-refractivity contribution in [3.8, 4) is 0 Å². The van der Waals surface area contributed by atoms with Crippen molar-refractivity contribution in [1.82, 2.24) is 4.90 Å². The lowest BCUT2D eigenvalue weighted by Crippen LogP contribution is -2.44. The lowest BCUT2D eigenvalue weighted by molar-refractivity contribution is -0.115. The van der Waals surface area contributed by atoms with E-state index in [4.69, 9.17) is 11.6 Å². The second kappa shape index (κ2) is 9.49. The largest absolute Gasteiger partial charge is 0.369 e. The Balaban J connectivity index is 1.58. The molecule has 144 valence electrons. The van der Waals surface area contributed by atoms with E-state index >= 15 is 0 Å². The standard InChI is InChI=1S/C21H26ClN3OS/c1-3-20(27-19-10-4-16(22)5-11-19)21(26)23-17-6-8-18(9-7-17)25-14-12-24(2)13-15-25/h4-11,20H,3,12-15H2,1-2H3,(H,23,26)/t20-/m1/s1. The van der Waals surface area contributed by atoms with Crippen molar-refractivity contribution in [3.63, 3.8) is 0 Å². The molecule has 1 aliphatic heterocycles. The summed E-state index contributed by atoms with van der Waals surface area (Å²) >= 11 is 7.50. The minimum Gasteiger partial charge on any atom is -0.369 e. The monoisotopic (exact) mass is 403 g/mol. The topological polar surface area (TPSA) is 35.6 Å². The van der Waals surface area contributed by atoms with Crippen LogP contribution in [0.4, 0.5) is 11.4 Å². The first-order chi connectivity index (χ1) is 13.0. The minimum absolute atomic E-state index is 0.0322. The van der Waals surface area contributed by atoms with Gasteiger partial charge in [0.25, 0.3) is 0 Å². The molecule has 1 heterocycles. The molecule has 1 N–H and O–H groups in total. The Labute approximate surface area is 170 Å². The Morgan fingerprint density at radius 2 is 1.70 bits per heavy atom. The van der Waals surface area contributed by atoms with Crippen molar-refractivity contribution < 1.29 is 4.79 Å². The number of hydrogen-bond acceptors (Lipinski definition) is 4. The van der Waals surface area contributed by atoms with Gasteiger partial charge in [0, 0.05) is 47.5 Å². The first-order valence-electron chi connectivity index (χ1n) is 9.32. The van der Waals surface area contributed by atoms with E-state index in [0.29, 0.717) is 5.02 Å². The molecule has 4 nitrogen and oxygen atoms in total. The van der Waals surface area contributed by atoms with Crippen LogP contribution in [0, 0.1) is 0 Å². The van der Waals surface area contributed by atoms with Crippen LogP contribution >= 0.6 is 23.4 Å². The molecule has 0 radical (unpaired) electrons. The van der Waals surface area contributed by atoms with E-state index < -0.39 is 0 Å². The second-order valence-electron chi connectivity index (χ2n) is 6.80. The maximum Gasteiger partial charge on any atom is 0.237 e. The quantitative estimate of drug-likeness (QED) is 0.715. The van der Waals surface area contributed by atoms with Crippen LogP contribution in [0.2, 0.25) is 5.02 Å². The van der Waals surface area contributed by atoms with Gasteiger partial charge in [0.15, 0.2) is 0 Å². The van der Waals surface area contributed by atoms with Crippen LogP contribution in [0.1, 0.15) is 13.3 Å². The summed E-state index contributed by atoms with van der Waals surface area (Å²) in [5.74, 6) is 0.0322. The van der Waals surface area contributed by atoms with Crippen LogP contribution in [0.15, 0.2) is 53.4 Å². The molecule has 0 spiro atoms. The molecule has 0 aliphatic carbocycles. The highest BCUT2D eigenvalue weighted by atomic mass is 35.5. The molecule has 2 aromatic rings. The Morgan fingerprint density at radius 1 is 1.07 bits per heavy atom. The predicted octanol–water partition coefficient (Wildman–Crippen LogP) is 4.60. The molecule has 2 aromatic carbocycles. The average molecular weight is 404 g/mol. The maximum absolute atomic E-state index is 12.7. The Morgan fingerprint density at radius 3 is 2.30 bits per heavy atom. The highest BCUT2D eigenvalue weighted by molar-refractivity contribution is 8.00. The fourth-order valence-electron chi connectivity index (χ4n) is 3.04. The molecule has 0 saturated carbocycles. The van der Waals surface area contributed by atoms with Crippen LogP contribution in [0.5, 0.6) is 0 Å². The summed E-state index contributed by atoms with van der Waals surface area (Å²) in [4.78, 5) is 18.4. The number of likely N-dealkylation sites (N-methyl/N-ethyl adjacent to an activating group) is 1. The van der Waals surface area contributed by atoms with Gasteiger partial charge in [-0.15, -0.1) is 11.8 Å². The molecular weight excluding hydrogens is 378 g/mol. The second-order valence-corrected chi connectivity index (χ2v) is 8.51. The molecule has 0 unspecified atom stereocenters. The zero-order valence-corrected chi connectivity index (χ0v) is 17.4. The minimum atomic E-state index is -0.136. The number of halogens is 1. The van der Waals surface area contributed by atoms with E-state index in [1.165, 1.54) is 5.69 Å². The van der Waals surface area contributed by atoms with E-state index in [0.717, 1.165) is 43.2 Å². The molecule has 1 aliphatic rings. The van der Waals surface area contributed by atoms with E-state index in [9.17, 15) is 4.79 Å². The van der Waals surface area contributed by atoms with E-state index in [1.807, 2.05) is 43.3 Å². The number of piperazine rings is 1. The van der Waals surface area contributed by atoms with Gasteiger partial charge in [-0.3, -0.25) is 4.79 Å². The highest BCUT2D eigenvalue weighted by Gasteiger charge is 2.19. The molecule has 1 atom stereocenters. The SMILES string of the molecule is CC[C@@H](Sc1ccc(Cl)cc1)C(=O)Nc1ccc(N2CCN(C)CC2)cc1. The van der Waals surface area contributed by atoms with Gasteiger partial charge < -0.3 is 15.1 Å². The van der Waals surface area contributed by atoms with Crippen molar-refractivity contribution >= 4 is 40.6 Å².